The highest BCUT2D eigenvalue weighted by atomic mass is 19.1. The number of amides is 2. The second kappa shape index (κ2) is 8.76. The van der Waals surface area contributed by atoms with Crippen LogP contribution in [0.25, 0.3) is 0 Å². The van der Waals surface area contributed by atoms with E-state index in [1.54, 1.807) is 0 Å². The smallest absolute Gasteiger partial charge is 0.254 e. The molecule has 24 heavy (non-hydrogen) atoms. The maximum Gasteiger partial charge on any atom is 0.254 e. The third-order valence-electron chi connectivity index (χ3n) is 3.39. The number of hydrogen-bond donors (Lipinski definition) is 2. The number of benzene rings is 2. The molecule has 2 rings (SSSR count). The predicted molar refractivity (Wildman–Crippen MR) is 86.5 cm³/mol. The van der Waals surface area contributed by atoms with Gasteiger partial charge in [-0.15, -0.1) is 0 Å². The van der Waals surface area contributed by atoms with Crippen LogP contribution in [-0.4, -0.2) is 24.9 Å². The van der Waals surface area contributed by atoms with Crippen molar-refractivity contribution >= 4 is 11.8 Å². The minimum absolute atomic E-state index is 0.263. The lowest BCUT2D eigenvalue weighted by Crippen LogP contribution is -2.37. The maximum absolute atomic E-state index is 13.4. The molecule has 0 atom stereocenters. The summed E-state index contributed by atoms with van der Waals surface area (Å²) in [6.45, 7) is 0.218. The van der Waals surface area contributed by atoms with Crippen LogP contribution in [-0.2, 0) is 11.2 Å². The average Bonchev–Trinajstić information content (AvgIpc) is 2.57. The molecule has 2 aromatic carbocycles. The van der Waals surface area contributed by atoms with Crippen LogP contribution in [0.4, 0.5) is 8.78 Å². The van der Waals surface area contributed by atoms with Gasteiger partial charge in [0.2, 0.25) is 5.91 Å². The minimum Gasteiger partial charge on any atom is -0.355 e. The zero-order chi connectivity index (χ0) is 17.4. The van der Waals surface area contributed by atoms with Gasteiger partial charge in [-0.05, 0) is 30.5 Å². The fourth-order valence-electron chi connectivity index (χ4n) is 2.16. The molecule has 6 heteroatoms. The van der Waals surface area contributed by atoms with Crippen molar-refractivity contribution in [2.75, 3.05) is 13.1 Å². The molecule has 0 fully saturated rings. The predicted octanol–water partition coefficient (Wildman–Crippen LogP) is 2.44. The van der Waals surface area contributed by atoms with Crippen molar-refractivity contribution in [2.45, 2.75) is 12.8 Å². The first-order valence-corrected chi connectivity index (χ1v) is 7.60. The molecule has 0 bridgehead atoms. The summed E-state index contributed by atoms with van der Waals surface area (Å²) >= 11 is 0. The average molecular weight is 332 g/mol. The summed E-state index contributed by atoms with van der Waals surface area (Å²) in [5.41, 5.74) is 0.889. The van der Waals surface area contributed by atoms with E-state index in [0.717, 1.165) is 25.0 Å². The Kier molecular flexibility index (Phi) is 6.42. The van der Waals surface area contributed by atoms with Gasteiger partial charge in [-0.2, -0.15) is 0 Å². The highest BCUT2D eigenvalue weighted by molar-refractivity contribution is 5.96. The topological polar surface area (TPSA) is 58.2 Å². The summed E-state index contributed by atoms with van der Waals surface area (Å²) in [7, 11) is 0. The number of carbonyl (C=O) groups excluding carboxylic acids is 2. The lowest BCUT2D eigenvalue weighted by Gasteiger charge is -2.08. The zero-order valence-corrected chi connectivity index (χ0v) is 13.0. The third kappa shape index (κ3) is 5.46. The standard InChI is InChI=1S/C18H18F2N2O2/c19-14-8-9-15(16(20)11-14)18(24)22-12-17(23)21-10-4-7-13-5-2-1-3-6-13/h1-3,5-6,8-9,11H,4,7,10,12H2,(H,21,23)(H,22,24). The van der Waals surface area contributed by atoms with Crippen molar-refractivity contribution in [3.8, 4) is 0 Å². The lowest BCUT2D eigenvalue weighted by molar-refractivity contribution is -0.120. The van der Waals surface area contributed by atoms with E-state index in [1.807, 2.05) is 30.3 Å². The molecule has 0 heterocycles. The lowest BCUT2D eigenvalue weighted by atomic mass is 10.1. The molecule has 0 aliphatic carbocycles. The van der Waals surface area contributed by atoms with E-state index >= 15 is 0 Å². The van der Waals surface area contributed by atoms with Crippen molar-refractivity contribution in [1.29, 1.82) is 0 Å². The summed E-state index contributed by atoms with van der Waals surface area (Å²) in [5.74, 6) is -2.85. The second-order valence-electron chi connectivity index (χ2n) is 5.25. The summed E-state index contributed by atoms with van der Waals surface area (Å²) in [4.78, 5) is 23.4. The van der Waals surface area contributed by atoms with Crippen LogP contribution in [0.3, 0.4) is 0 Å². The Balaban J connectivity index is 1.68. The Labute approximate surface area is 138 Å². The van der Waals surface area contributed by atoms with Gasteiger partial charge in [-0.25, -0.2) is 8.78 Å². The Morgan fingerprint density at radius 2 is 1.71 bits per heavy atom. The van der Waals surface area contributed by atoms with E-state index in [4.69, 9.17) is 0 Å². The first-order valence-electron chi connectivity index (χ1n) is 7.60. The first kappa shape index (κ1) is 17.6. The number of carbonyl (C=O) groups is 2. The van der Waals surface area contributed by atoms with Gasteiger partial charge in [0, 0.05) is 12.6 Å². The van der Waals surface area contributed by atoms with Gasteiger partial charge in [0.1, 0.15) is 11.6 Å². The summed E-state index contributed by atoms with van der Waals surface area (Å²) in [5, 5.41) is 4.98. The van der Waals surface area contributed by atoms with Crippen LogP contribution in [0.15, 0.2) is 48.5 Å². The summed E-state index contributed by atoms with van der Waals surface area (Å²) in [6.07, 6.45) is 1.62. The molecule has 2 amide bonds. The van der Waals surface area contributed by atoms with Gasteiger partial charge in [0.25, 0.3) is 5.91 Å². The van der Waals surface area contributed by atoms with Crippen LogP contribution >= 0.6 is 0 Å². The van der Waals surface area contributed by atoms with Gasteiger partial charge >= 0.3 is 0 Å². The normalized spacial score (nSPS) is 10.2. The Morgan fingerprint density at radius 3 is 2.42 bits per heavy atom. The first-order chi connectivity index (χ1) is 11.6. The molecule has 0 radical (unpaired) electrons. The van der Waals surface area contributed by atoms with E-state index in [9.17, 15) is 18.4 Å². The molecule has 2 aromatic rings. The largest absolute Gasteiger partial charge is 0.355 e. The van der Waals surface area contributed by atoms with Crippen molar-refractivity contribution in [3.63, 3.8) is 0 Å². The van der Waals surface area contributed by atoms with E-state index < -0.39 is 17.5 Å². The molecular weight excluding hydrogens is 314 g/mol. The molecule has 0 spiro atoms. The minimum atomic E-state index is -0.962. The molecule has 0 aliphatic rings. The van der Waals surface area contributed by atoms with Crippen LogP contribution in [0.2, 0.25) is 0 Å². The fourth-order valence-corrected chi connectivity index (χ4v) is 2.16. The van der Waals surface area contributed by atoms with Crippen molar-refractivity contribution in [3.05, 3.63) is 71.3 Å². The van der Waals surface area contributed by atoms with E-state index in [1.165, 1.54) is 5.56 Å². The SMILES string of the molecule is O=C(CNC(=O)c1ccc(F)cc1F)NCCCc1ccccc1. The Bertz CT molecular complexity index is 705. The Hall–Kier alpha value is -2.76. The highest BCUT2D eigenvalue weighted by Gasteiger charge is 2.13. The van der Waals surface area contributed by atoms with Gasteiger partial charge in [0.05, 0.1) is 12.1 Å². The monoisotopic (exact) mass is 332 g/mol. The van der Waals surface area contributed by atoms with E-state index in [0.29, 0.717) is 12.6 Å². The third-order valence-corrected chi connectivity index (χ3v) is 3.39. The van der Waals surface area contributed by atoms with Crippen LogP contribution < -0.4 is 10.6 Å². The quantitative estimate of drug-likeness (QED) is 0.765. The number of rotatable bonds is 7. The molecule has 0 unspecified atom stereocenters. The molecular formula is C18H18F2N2O2. The van der Waals surface area contributed by atoms with Crippen LogP contribution in [0, 0.1) is 11.6 Å². The van der Waals surface area contributed by atoms with Crippen LogP contribution in [0.1, 0.15) is 22.3 Å². The zero-order valence-electron chi connectivity index (χ0n) is 13.0. The summed E-state index contributed by atoms with van der Waals surface area (Å²) < 4.78 is 26.2. The van der Waals surface area contributed by atoms with E-state index in [2.05, 4.69) is 10.6 Å². The molecule has 4 nitrogen and oxygen atoms in total. The van der Waals surface area contributed by atoms with Crippen LogP contribution in [0.5, 0.6) is 0 Å². The van der Waals surface area contributed by atoms with E-state index in [-0.39, 0.29) is 18.0 Å². The van der Waals surface area contributed by atoms with Crippen molar-refractivity contribution < 1.29 is 18.4 Å². The number of aryl methyl sites for hydroxylation is 1. The molecule has 2 N–H and O–H groups in total. The maximum atomic E-state index is 13.4. The number of halogens is 2. The molecule has 0 aliphatic heterocycles. The van der Waals surface area contributed by atoms with Gasteiger partial charge < -0.3 is 10.6 Å². The van der Waals surface area contributed by atoms with Gasteiger partial charge in [-0.1, -0.05) is 30.3 Å². The Morgan fingerprint density at radius 1 is 0.958 bits per heavy atom. The fraction of sp³-hybridized carbons (Fsp3) is 0.222. The molecule has 0 saturated heterocycles. The second-order valence-corrected chi connectivity index (χ2v) is 5.25. The van der Waals surface area contributed by atoms with Gasteiger partial charge in [0.15, 0.2) is 0 Å². The number of hydrogen-bond acceptors (Lipinski definition) is 2. The van der Waals surface area contributed by atoms with Gasteiger partial charge in [-0.3, -0.25) is 9.59 Å². The molecule has 126 valence electrons. The highest BCUT2D eigenvalue weighted by Crippen LogP contribution is 2.09. The number of nitrogens with one attached hydrogen (secondary N) is 2. The molecule has 0 saturated carbocycles. The summed E-state index contributed by atoms with van der Waals surface area (Å²) in [6, 6.07) is 12.5. The van der Waals surface area contributed by atoms with Crippen molar-refractivity contribution in [1.82, 2.24) is 10.6 Å². The van der Waals surface area contributed by atoms with Crippen molar-refractivity contribution in [2.24, 2.45) is 0 Å². The molecule has 0 aromatic heterocycles.